The largest absolute Gasteiger partial charge is 0.482 e. The van der Waals surface area contributed by atoms with Crippen molar-refractivity contribution >= 4 is 34.0 Å². The number of fused-ring (bicyclic) bond motifs is 1. The van der Waals surface area contributed by atoms with E-state index in [9.17, 15) is 9.59 Å². The van der Waals surface area contributed by atoms with E-state index in [4.69, 9.17) is 10.5 Å². The number of benzene rings is 1. The van der Waals surface area contributed by atoms with E-state index in [1.165, 1.54) is 11.3 Å². The van der Waals surface area contributed by atoms with Gasteiger partial charge in [-0.2, -0.15) is 0 Å². The molecule has 0 bridgehead atoms. The van der Waals surface area contributed by atoms with Crippen molar-refractivity contribution in [2.45, 2.75) is 6.92 Å². The Hall–Kier alpha value is -2.45. The van der Waals surface area contributed by atoms with Crippen LogP contribution in [-0.2, 0) is 9.59 Å². The first-order valence-electron chi connectivity index (χ1n) is 7.00. The summed E-state index contributed by atoms with van der Waals surface area (Å²) in [5, 5.41) is 3.16. The Morgan fingerprint density at radius 3 is 3.04 bits per heavy atom. The number of thiazole rings is 1. The second-order valence-corrected chi connectivity index (χ2v) is 6.30. The van der Waals surface area contributed by atoms with Crippen LogP contribution in [0.5, 0.6) is 5.75 Å². The second kappa shape index (κ2) is 5.98. The van der Waals surface area contributed by atoms with Crippen molar-refractivity contribution < 1.29 is 14.3 Å². The lowest BCUT2D eigenvalue weighted by molar-refractivity contribution is -0.121. The minimum atomic E-state index is -0.283. The highest BCUT2D eigenvalue weighted by molar-refractivity contribution is 7.16. The van der Waals surface area contributed by atoms with Crippen LogP contribution in [0.4, 0.5) is 10.8 Å². The molecule has 0 fully saturated rings. The molecule has 1 aromatic carbocycles. The molecule has 2 amide bonds. The van der Waals surface area contributed by atoms with E-state index in [-0.39, 0.29) is 25.0 Å². The Morgan fingerprint density at radius 2 is 2.30 bits per heavy atom. The van der Waals surface area contributed by atoms with E-state index in [0.717, 1.165) is 16.1 Å². The number of rotatable bonds is 3. The highest BCUT2D eigenvalue weighted by Crippen LogP contribution is 2.37. The first kappa shape index (κ1) is 15.4. The summed E-state index contributed by atoms with van der Waals surface area (Å²) in [4.78, 5) is 30.1. The van der Waals surface area contributed by atoms with Crippen LogP contribution in [0.3, 0.4) is 0 Å². The molecule has 0 atom stereocenters. The number of anilines is 2. The molecule has 0 spiro atoms. The van der Waals surface area contributed by atoms with Crippen molar-refractivity contribution in [3.63, 3.8) is 0 Å². The third-order valence-electron chi connectivity index (χ3n) is 3.55. The number of nitrogens with one attached hydrogen (secondary N) is 1. The van der Waals surface area contributed by atoms with Crippen LogP contribution in [0.25, 0.3) is 11.3 Å². The number of hydrogen-bond donors (Lipinski definition) is 2. The average molecular weight is 332 g/mol. The smallest absolute Gasteiger partial charge is 0.264 e. The molecule has 120 valence electrons. The molecule has 1 aliphatic rings. The van der Waals surface area contributed by atoms with Gasteiger partial charge in [-0.3, -0.25) is 9.59 Å². The molecule has 23 heavy (non-hydrogen) atoms. The van der Waals surface area contributed by atoms with E-state index < -0.39 is 0 Å². The van der Waals surface area contributed by atoms with Crippen molar-refractivity contribution in [1.29, 1.82) is 0 Å². The first-order valence-corrected chi connectivity index (χ1v) is 7.82. The molecule has 7 nitrogen and oxygen atoms in total. The van der Waals surface area contributed by atoms with Crippen LogP contribution in [-0.4, -0.2) is 37.0 Å². The SMILES string of the molecule is Cc1sc(NC(=O)CN)nc1-c1ccc2c(c1)N(C)C(=O)CO2. The molecule has 0 saturated carbocycles. The van der Waals surface area contributed by atoms with Crippen molar-refractivity contribution in [2.24, 2.45) is 5.73 Å². The first-order chi connectivity index (χ1) is 11.0. The number of likely N-dealkylation sites (N-methyl/N-ethyl adjacent to an activating group) is 1. The molecule has 8 heteroatoms. The third-order valence-corrected chi connectivity index (χ3v) is 4.43. The van der Waals surface area contributed by atoms with E-state index in [1.54, 1.807) is 11.9 Å². The van der Waals surface area contributed by atoms with Crippen LogP contribution in [0.2, 0.25) is 0 Å². The lowest BCUT2D eigenvalue weighted by atomic mass is 10.1. The number of nitrogens with zero attached hydrogens (tertiary/aromatic N) is 2. The van der Waals surface area contributed by atoms with Crippen molar-refractivity contribution in [2.75, 3.05) is 30.4 Å². The van der Waals surface area contributed by atoms with Crippen LogP contribution in [0.15, 0.2) is 18.2 Å². The van der Waals surface area contributed by atoms with Gasteiger partial charge in [-0.1, -0.05) is 0 Å². The Kier molecular flexibility index (Phi) is 4.01. The number of aryl methyl sites for hydroxylation is 1. The molecule has 1 aliphatic heterocycles. The summed E-state index contributed by atoms with van der Waals surface area (Å²) in [6, 6.07) is 5.58. The zero-order valence-electron chi connectivity index (χ0n) is 12.8. The maximum atomic E-state index is 11.8. The van der Waals surface area contributed by atoms with E-state index in [0.29, 0.717) is 16.6 Å². The quantitative estimate of drug-likeness (QED) is 0.885. The molecule has 0 aliphatic carbocycles. The lowest BCUT2D eigenvalue weighted by Gasteiger charge is -2.26. The summed E-state index contributed by atoms with van der Waals surface area (Å²) in [5.41, 5.74) is 7.62. The number of carbonyl (C=O) groups is 2. The zero-order chi connectivity index (χ0) is 16.6. The summed E-state index contributed by atoms with van der Waals surface area (Å²) in [6.45, 7) is 1.89. The van der Waals surface area contributed by atoms with Gasteiger partial charge >= 0.3 is 0 Å². The number of aromatic nitrogens is 1. The Bertz CT molecular complexity index is 787. The second-order valence-electron chi connectivity index (χ2n) is 5.10. The zero-order valence-corrected chi connectivity index (χ0v) is 13.6. The van der Waals surface area contributed by atoms with Crippen LogP contribution < -0.4 is 20.7 Å². The molecule has 0 radical (unpaired) electrons. The van der Waals surface area contributed by atoms with Gasteiger partial charge in [0, 0.05) is 17.5 Å². The predicted molar refractivity (Wildman–Crippen MR) is 88.9 cm³/mol. The molecular weight excluding hydrogens is 316 g/mol. The summed E-state index contributed by atoms with van der Waals surface area (Å²) < 4.78 is 5.42. The fraction of sp³-hybridized carbons (Fsp3) is 0.267. The van der Waals surface area contributed by atoms with Crippen LogP contribution >= 0.6 is 11.3 Å². The minimum absolute atomic E-state index is 0.0494. The van der Waals surface area contributed by atoms with Gasteiger partial charge in [0.2, 0.25) is 5.91 Å². The highest BCUT2D eigenvalue weighted by atomic mass is 32.1. The summed E-state index contributed by atoms with van der Waals surface area (Å²) in [7, 11) is 1.72. The Labute approximate surface area is 137 Å². The Balaban J connectivity index is 1.96. The van der Waals surface area contributed by atoms with Crippen LogP contribution in [0.1, 0.15) is 4.88 Å². The maximum Gasteiger partial charge on any atom is 0.264 e. The number of carbonyl (C=O) groups excluding carboxylic acids is 2. The minimum Gasteiger partial charge on any atom is -0.482 e. The van der Waals surface area contributed by atoms with Gasteiger partial charge in [0.05, 0.1) is 17.9 Å². The van der Waals surface area contributed by atoms with Crippen molar-refractivity contribution in [3.8, 4) is 17.0 Å². The fourth-order valence-electron chi connectivity index (χ4n) is 2.31. The van der Waals surface area contributed by atoms with Gasteiger partial charge in [-0.05, 0) is 25.1 Å². The van der Waals surface area contributed by atoms with Gasteiger partial charge < -0.3 is 20.7 Å². The van der Waals surface area contributed by atoms with E-state index in [2.05, 4.69) is 10.3 Å². The molecule has 2 aromatic rings. The summed E-state index contributed by atoms with van der Waals surface area (Å²) >= 11 is 1.38. The van der Waals surface area contributed by atoms with Gasteiger partial charge in [-0.15, -0.1) is 11.3 Å². The van der Waals surface area contributed by atoms with Gasteiger partial charge in [-0.25, -0.2) is 4.98 Å². The van der Waals surface area contributed by atoms with Gasteiger partial charge in [0.15, 0.2) is 11.7 Å². The van der Waals surface area contributed by atoms with Crippen LogP contribution in [0, 0.1) is 6.92 Å². The average Bonchev–Trinajstić information content (AvgIpc) is 2.91. The highest BCUT2D eigenvalue weighted by Gasteiger charge is 2.23. The number of nitrogens with two attached hydrogens (primary N) is 1. The maximum absolute atomic E-state index is 11.8. The predicted octanol–water partition coefficient (Wildman–Crippen LogP) is 1.37. The standard InChI is InChI=1S/C15H16N4O3S/c1-8-14(18-15(23-8)17-12(20)6-16)9-3-4-11-10(5-9)19(2)13(21)7-22-11/h3-5H,6-7,16H2,1-2H3,(H,17,18,20). The Morgan fingerprint density at radius 1 is 1.52 bits per heavy atom. The molecular formula is C15H16N4O3S. The van der Waals surface area contributed by atoms with Gasteiger partial charge in [0.25, 0.3) is 5.91 Å². The number of hydrogen-bond acceptors (Lipinski definition) is 6. The molecule has 2 heterocycles. The van der Waals surface area contributed by atoms with Gasteiger partial charge in [0.1, 0.15) is 5.75 Å². The van der Waals surface area contributed by atoms with E-state index >= 15 is 0 Å². The molecule has 0 unspecified atom stereocenters. The monoisotopic (exact) mass is 332 g/mol. The lowest BCUT2D eigenvalue weighted by Crippen LogP contribution is -2.35. The number of ether oxygens (including phenoxy) is 1. The fourth-order valence-corrected chi connectivity index (χ4v) is 3.16. The molecule has 3 N–H and O–H groups in total. The van der Waals surface area contributed by atoms with E-state index in [1.807, 2.05) is 25.1 Å². The van der Waals surface area contributed by atoms with Crippen molar-refractivity contribution in [3.05, 3.63) is 23.1 Å². The normalized spacial score (nSPS) is 13.5. The third kappa shape index (κ3) is 2.90. The molecule has 3 rings (SSSR count). The molecule has 0 saturated heterocycles. The summed E-state index contributed by atoms with van der Waals surface area (Å²) in [6.07, 6.45) is 0. The summed E-state index contributed by atoms with van der Waals surface area (Å²) in [5.74, 6) is 0.287. The molecule has 1 aromatic heterocycles. The van der Waals surface area contributed by atoms with Crippen molar-refractivity contribution in [1.82, 2.24) is 4.98 Å². The number of amides is 2. The topological polar surface area (TPSA) is 97.5 Å².